The molecule has 0 spiro atoms. The number of hydrogen-bond acceptors (Lipinski definition) is 7. The van der Waals surface area contributed by atoms with Gasteiger partial charge in [0.25, 0.3) is 0 Å². The third-order valence-electron chi connectivity index (χ3n) is 6.45. The van der Waals surface area contributed by atoms with Gasteiger partial charge in [-0.25, -0.2) is 18.1 Å². The average molecular weight is 617 g/mol. The number of ether oxygens (including phenoxy) is 3. The van der Waals surface area contributed by atoms with Crippen molar-refractivity contribution in [2.75, 3.05) is 6.54 Å². The number of pyridine rings is 1. The van der Waals surface area contributed by atoms with E-state index in [2.05, 4.69) is 9.71 Å². The molecule has 1 aromatic heterocycles. The smallest absolute Gasteiger partial charge is 0.308 e. The molecule has 0 aliphatic heterocycles. The molecule has 5 rings (SSSR count). The number of aromatic nitrogens is 1. The zero-order valence-corrected chi connectivity index (χ0v) is 24.9. The number of hydrogen-bond donors (Lipinski definition) is 1. The molecule has 0 amide bonds. The minimum absolute atomic E-state index is 0.122. The lowest BCUT2D eigenvalue weighted by Gasteiger charge is -2.15. The van der Waals surface area contributed by atoms with Crippen molar-refractivity contribution in [3.63, 3.8) is 0 Å². The average Bonchev–Trinajstić information content (AvgIpc) is 3.00. The van der Waals surface area contributed by atoms with E-state index in [-0.39, 0.29) is 18.0 Å². The second kappa shape index (κ2) is 13.7. The highest BCUT2D eigenvalue weighted by Gasteiger charge is 2.15. The summed E-state index contributed by atoms with van der Waals surface area (Å²) in [6.45, 7) is 1.97. The van der Waals surface area contributed by atoms with E-state index < -0.39 is 16.0 Å². The SMILES string of the molecule is CC(=O)Oc1ccc(CCNS(=O)(=O)c2ccc(Cl)cc2)c(OCc2cccc(OCc3ccc4ccccc4n3)c2)c1. The Morgan fingerprint density at radius 3 is 2.47 bits per heavy atom. The largest absolute Gasteiger partial charge is 0.488 e. The number of esters is 1. The summed E-state index contributed by atoms with van der Waals surface area (Å²) >= 11 is 5.88. The van der Waals surface area contributed by atoms with Crippen LogP contribution in [0.1, 0.15) is 23.7 Å². The van der Waals surface area contributed by atoms with Crippen LogP contribution < -0.4 is 18.9 Å². The fourth-order valence-electron chi connectivity index (χ4n) is 4.35. The Morgan fingerprint density at radius 1 is 0.837 bits per heavy atom. The molecule has 10 heteroatoms. The van der Waals surface area contributed by atoms with Crippen LogP contribution in [0.4, 0.5) is 0 Å². The van der Waals surface area contributed by atoms with Gasteiger partial charge in [0.1, 0.15) is 30.5 Å². The molecule has 0 atom stereocenters. The molecular formula is C33H29ClN2O6S. The van der Waals surface area contributed by atoms with Gasteiger partial charge in [-0.1, -0.05) is 54.1 Å². The molecular weight excluding hydrogens is 588 g/mol. The zero-order chi connectivity index (χ0) is 30.2. The summed E-state index contributed by atoms with van der Waals surface area (Å²) < 4.78 is 45.3. The number of halogens is 1. The standard InChI is InChI=1S/C33H29ClN2O6S/c1-23(37)42-30-14-10-26(17-18-35-43(38,39)31-15-11-27(34)12-16-31)33(20-30)41-21-24-5-4-7-29(19-24)40-22-28-13-9-25-6-2-3-8-32(25)36-28/h2-16,19-20,35H,17-18,21-22H2,1H3. The highest BCUT2D eigenvalue weighted by Crippen LogP contribution is 2.27. The summed E-state index contributed by atoms with van der Waals surface area (Å²) in [6.07, 6.45) is 0.338. The van der Waals surface area contributed by atoms with Gasteiger partial charge in [-0.2, -0.15) is 0 Å². The van der Waals surface area contributed by atoms with E-state index in [9.17, 15) is 13.2 Å². The fourth-order valence-corrected chi connectivity index (χ4v) is 5.51. The molecule has 1 N–H and O–H groups in total. The summed E-state index contributed by atoms with van der Waals surface area (Å²) in [4.78, 5) is 16.3. The van der Waals surface area contributed by atoms with Gasteiger partial charge in [0.2, 0.25) is 10.0 Å². The topological polar surface area (TPSA) is 104 Å². The lowest BCUT2D eigenvalue weighted by Crippen LogP contribution is -2.26. The molecule has 4 aromatic carbocycles. The third kappa shape index (κ3) is 8.32. The van der Waals surface area contributed by atoms with Crippen LogP contribution in [0, 0.1) is 0 Å². The van der Waals surface area contributed by atoms with Gasteiger partial charge in [-0.05, 0) is 72.1 Å². The van der Waals surface area contributed by atoms with Gasteiger partial charge in [0.15, 0.2) is 0 Å². The molecule has 0 fully saturated rings. The van der Waals surface area contributed by atoms with E-state index >= 15 is 0 Å². The number of nitrogens with one attached hydrogen (secondary N) is 1. The number of carbonyl (C=O) groups excluding carboxylic acids is 1. The van der Waals surface area contributed by atoms with Crippen LogP contribution >= 0.6 is 11.6 Å². The third-order valence-corrected chi connectivity index (χ3v) is 8.18. The molecule has 5 aromatic rings. The molecule has 0 unspecified atom stereocenters. The van der Waals surface area contributed by atoms with Crippen molar-refractivity contribution in [3.8, 4) is 17.2 Å². The lowest BCUT2D eigenvalue weighted by atomic mass is 10.1. The van der Waals surface area contributed by atoms with Crippen LogP contribution in [0.3, 0.4) is 0 Å². The molecule has 0 aliphatic carbocycles. The number of benzene rings is 4. The van der Waals surface area contributed by atoms with Crippen LogP contribution in [0.15, 0.2) is 108 Å². The maximum Gasteiger partial charge on any atom is 0.308 e. The molecule has 0 saturated carbocycles. The van der Waals surface area contributed by atoms with Crippen molar-refractivity contribution in [1.29, 1.82) is 0 Å². The number of carbonyl (C=O) groups is 1. The Balaban J connectivity index is 1.24. The second-order valence-corrected chi connectivity index (χ2v) is 11.9. The van der Waals surface area contributed by atoms with Crippen molar-refractivity contribution in [1.82, 2.24) is 9.71 Å². The van der Waals surface area contributed by atoms with Gasteiger partial charge in [0, 0.05) is 29.9 Å². The maximum atomic E-state index is 12.7. The van der Waals surface area contributed by atoms with Crippen LogP contribution in [0.2, 0.25) is 5.02 Å². The van der Waals surface area contributed by atoms with E-state index in [4.69, 9.17) is 25.8 Å². The fraction of sp³-hybridized carbons (Fsp3) is 0.152. The molecule has 8 nitrogen and oxygen atoms in total. The van der Waals surface area contributed by atoms with Crippen LogP contribution in [0.5, 0.6) is 17.2 Å². The predicted octanol–water partition coefficient (Wildman–Crippen LogP) is 6.49. The molecule has 1 heterocycles. The Kier molecular flexibility index (Phi) is 9.56. The number of para-hydroxylation sites is 1. The first kappa shape index (κ1) is 30.0. The number of nitrogens with zero attached hydrogens (tertiary/aromatic N) is 1. The first-order chi connectivity index (χ1) is 20.7. The van der Waals surface area contributed by atoms with Gasteiger partial charge in [-0.15, -0.1) is 0 Å². The first-order valence-corrected chi connectivity index (χ1v) is 15.4. The highest BCUT2D eigenvalue weighted by molar-refractivity contribution is 7.89. The van der Waals surface area contributed by atoms with Crippen molar-refractivity contribution in [2.24, 2.45) is 0 Å². The van der Waals surface area contributed by atoms with E-state index in [1.165, 1.54) is 31.2 Å². The Morgan fingerprint density at radius 2 is 1.65 bits per heavy atom. The Labute approximate surface area is 255 Å². The minimum atomic E-state index is -3.72. The summed E-state index contributed by atoms with van der Waals surface area (Å²) in [6, 6.07) is 30.4. The van der Waals surface area contributed by atoms with E-state index in [0.29, 0.717) is 35.3 Å². The maximum absolute atomic E-state index is 12.7. The van der Waals surface area contributed by atoms with E-state index in [0.717, 1.165) is 27.7 Å². The van der Waals surface area contributed by atoms with E-state index in [1.807, 2.05) is 60.7 Å². The second-order valence-electron chi connectivity index (χ2n) is 9.68. The molecule has 220 valence electrons. The molecule has 0 bridgehead atoms. The molecule has 0 radical (unpaired) electrons. The summed E-state index contributed by atoms with van der Waals surface area (Å²) in [5, 5.41) is 1.52. The Bertz CT molecular complexity index is 1840. The van der Waals surface area contributed by atoms with Crippen LogP contribution in [-0.2, 0) is 34.5 Å². The monoisotopic (exact) mass is 616 g/mol. The van der Waals surface area contributed by atoms with Crippen molar-refractivity contribution in [3.05, 3.63) is 125 Å². The first-order valence-electron chi connectivity index (χ1n) is 13.5. The van der Waals surface area contributed by atoms with Crippen molar-refractivity contribution in [2.45, 2.75) is 31.5 Å². The van der Waals surface area contributed by atoms with Crippen LogP contribution in [0.25, 0.3) is 10.9 Å². The number of rotatable bonds is 12. The highest BCUT2D eigenvalue weighted by atomic mass is 35.5. The lowest BCUT2D eigenvalue weighted by molar-refractivity contribution is -0.131. The van der Waals surface area contributed by atoms with Gasteiger partial charge in [0.05, 0.1) is 16.1 Å². The number of fused-ring (bicyclic) bond motifs is 1. The van der Waals surface area contributed by atoms with Gasteiger partial charge >= 0.3 is 5.97 Å². The summed E-state index contributed by atoms with van der Waals surface area (Å²) in [7, 11) is -3.72. The molecule has 43 heavy (non-hydrogen) atoms. The number of sulfonamides is 1. The van der Waals surface area contributed by atoms with Gasteiger partial charge in [-0.3, -0.25) is 4.79 Å². The normalized spacial score (nSPS) is 11.3. The van der Waals surface area contributed by atoms with Crippen LogP contribution in [-0.4, -0.2) is 25.9 Å². The summed E-state index contributed by atoms with van der Waals surface area (Å²) in [5.41, 5.74) is 3.33. The van der Waals surface area contributed by atoms with Crippen molar-refractivity contribution < 1.29 is 27.4 Å². The summed E-state index contributed by atoms with van der Waals surface area (Å²) in [5.74, 6) is 1.01. The minimum Gasteiger partial charge on any atom is -0.488 e. The van der Waals surface area contributed by atoms with Crippen molar-refractivity contribution >= 4 is 38.5 Å². The molecule has 0 saturated heterocycles. The Hall–Kier alpha value is -4.44. The zero-order valence-electron chi connectivity index (χ0n) is 23.3. The van der Waals surface area contributed by atoms with E-state index in [1.54, 1.807) is 18.2 Å². The quantitative estimate of drug-likeness (QED) is 0.126. The molecule has 0 aliphatic rings. The van der Waals surface area contributed by atoms with Gasteiger partial charge < -0.3 is 14.2 Å². The predicted molar refractivity (Wildman–Crippen MR) is 165 cm³/mol.